The molecule has 0 heterocycles. The highest BCUT2D eigenvalue weighted by molar-refractivity contribution is 5.38. The highest BCUT2D eigenvalue weighted by Crippen LogP contribution is 2.35. The van der Waals surface area contributed by atoms with E-state index in [9.17, 15) is 13.2 Å². The summed E-state index contributed by atoms with van der Waals surface area (Å²) in [4.78, 5) is 0. The van der Waals surface area contributed by atoms with Gasteiger partial charge in [0.1, 0.15) is 0 Å². The lowest BCUT2D eigenvalue weighted by Crippen LogP contribution is -2.14. The van der Waals surface area contributed by atoms with E-state index in [1.54, 1.807) is 6.07 Å². The Morgan fingerprint density at radius 2 is 1.84 bits per heavy atom. The van der Waals surface area contributed by atoms with E-state index < -0.39 is 11.7 Å². The molecule has 0 saturated heterocycles. The van der Waals surface area contributed by atoms with Gasteiger partial charge in [-0.05, 0) is 66.1 Å². The van der Waals surface area contributed by atoms with E-state index in [0.717, 1.165) is 23.6 Å². The smallest absolute Gasteiger partial charge is 0.192 e. The molecule has 0 spiro atoms. The average molecular weight is 345 g/mol. The first-order chi connectivity index (χ1) is 11.8. The lowest BCUT2D eigenvalue weighted by atomic mass is 9.80. The molecule has 0 radical (unpaired) electrons. The Morgan fingerprint density at radius 3 is 2.44 bits per heavy atom. The van der Waals surface area contributed by atoms with Crippen LogP contribution in [0.4, 0.5) is 13.2 Å². The fourth-order valence-electron chi connectivity index (χ4n) is 3.08. The molecule has 0 bridgehead atoms. The maximum atomic E-state index is 13.0. The van der Waals surface area contributed by atoms with Crippen molar-refractivity contribution >= 4 is 0 Å². The summed E-state index contributed by atoms with van der Waals surface area (Å²) in [6.07, 6.45) is -2.89. The van der Waals surface area contributed by atoms with Gasteiger partial charge in [0.15, 0.2) is 0 Å². The Hall–Kier alpha value is -2.28. The Kier molecular flexibility index (Phi) is 5.89. The normalized spacial score (nSPS) is 14.0. The van der Waals surface area contributed by atoms with Crippen molar-refractivity contribution < 1.29 is 13.2 Å². The van der Waals surface area contributed by atoms with Gasteiger partial charge in [-0.3, -0.25) is 0 Å². The van der Waals surface area contributed by atoms with Crippen LogP contribution in [0.1, 0.15) is 54.0 Å². The predicted octanol–water partition coefficient (Wildman–Crippen LogP) is 6.26. The van der Waals surface area contributed by atoms with E-state index in [-0.39, 0.29) is 5.92 Å². The maximum Gasteiger partial charge on any atom is 0.416 e. The SMILES string of the molecule is CCC(C)C(Cc1cc(C(F)(F)F)ccc1C)c1cccc(C#N)c1. The first kappa shape index (κ1) is 19.1. The zero-order chi connectivity index (χ0) is 18.6. The minimum Gasteiger partial charge on any atom is -0.192 e. The van der Waals surface area contributed by atoms with Gasteiger partial charge >= 0.3 is 6.18 Å². The van der Waals surface area contributed by atoms with Crippen molar-refractivity contribution in [1.82, 2.24) is 0 Å². The second kappa shape index (κ2) is 7.74. The molecule has 2 aromatic rings. The Balaban J connectivity index is 2.43. The molecule has 2 atom stereocenters. The molecule has 25 heavy (non-hydrogen) atoms. The summed E-state index contributed by atoms with van der Waals surface area (Å²) < 4.78 is 39.1. The molecule has 0 aliphatic carbocycles. The van der Waals surface area contributed by atoms with Crippen LogP contribution in [-0.4, -0.2) is 0 Å². The molecule has 0 saturated carbocycles. The Morgan fingerprint density at radius 1 is 1.12 bits per heavy atom. The number of hydrogen-bond donors (Lipinski definition) is 0. The molecular weight excluding hydrogens is 323 g/mol. The number of rotatable bonds is 5. The van der Waals surface area contributed by atoms with Crippen LogP contribution in [0.2, 0.25) is 0 Å². The van der Waals surface area contributed by atoms with Crippen LogP contribution in [0.3, 0.4) is 0 Å². The second-order valence-electron chi connectivity index (χ2n) is 6.57. The highest BCUT2D eigenvalue weighted by atomic mass is 19.4. The van der Waals surface area contributed by atoms with E-state index in [1.807, 2.05) is 25.1 Å². The monoisotopic (exact) mass is 345 g/mol. The van der Waals surface area contributed by atoms with Crippen molar-refractivity contribution in [2.24, 2.45) is 5.92 Å². The minimum atomic E-state index is -4.34. The van der Waals surface area contributed by atoms with Crippen molar-refractivity contribution in [3.8, 4) is 6.07 Å². The summed E-state index contributed by atoms with van der Waals surface area (Å²) in [5.41, 5.74) is 2.54. The average Bonchev–Trinajstić information content (AvgIpc) is 2.59. The largest absolute Gasteiger partial charge is 0.416 e. The third-order valence-electron chi connectivity index (χ3n) is 4.89. The van der Waals surface area contributed by atoms with Crippen molar-refractivity contribution in [2.45, 2.75) is 45.7 Å². The van der Waals surface area contributed by atoms with Crippen LogP contribution < -0.4 is 0 Å². The predicted molar refractivity (Wildman–Crippen MR) is 93.2 cm³/mol. The van der Waals surface area contributed by atoms with Crippen molar-refractivity contribution in [1.29, 1.82) is 5.26 Å². The van der Waals surface area contributed by atoms with Gasteiger partial charge in [-0.15, -0.1) is 0 Å². The molecule has 1 nitrogen and oxygen atoms in total. The first-order valence-electron chi connectivity index (χ1n) is 8.43. The fraction of sp³-hybridized carbons (Fsp3) is 0.381. The number of hydrogen-bond acceptors (Lipinski definition) is 1. The summed E-state index contributed by atoms with van der Waals surface area (Å²) in [6, 6.07) is 13.5. The van der Waals surface area contributed by atoms with Gasteiger partial charge in [0, 0.05) is 0 Å². The van der Waals surface area contributed by atoms with Crippen LogP contribution in [-0.2, 0) is 12.6 Å². The highest BCUT2D eigenvalue weighted by Gasteiger charge is 2.31. The summed E-state index contributed by atoms with van der Waals surface area (Å²) in [7, 11) is 0. The maximum absolute atomic E-state index is 13.0. The molecule has 0 aliphatic heterocycles. The summed E-state index contributed by atoms with van der Waals surface area (Å²) >= 11 is 0. The van der Waals surface area contributed by atoms with Crippen LogP contribution in [0.25, 0.3) is 0 Å². The van der Waals surface area contributed by atoms with Crippen LogP contribution >= 0.6 is 0 Å². The zero-order valence-corrected chi connectivity index (χ0v) is 14.7. The quantitative estimate of drug-likeness (QED) is 0.627. The van der Waals surface area contributed by atoms with Crippen molar-refractivity contribution in [2.75, 3.05) is 0 Å². The first-order valence-corrected chi connectivity index (χ1v) is 8.43. The Labute approximate surface area is 147 Å². The van der Waals surface area contributed by atoms with E-state index in [2.05, 4.69) is 19.9 Å². The standard InChI is InChI=1S/C21H22F3N/c1-4-14(2)20(17-7-5-6-16(10-17)13-25)12-18-11-19(21(22,23)24)9-8-15(18)3/h5-11,14,20H,4,12H2,1-3H3. The number of nitriles is 1. The number of alkyl halides is 3. The number of nitrogens with zero attached hydrogens (tertiary/aromatic N) is 1. The van der Waals surface area contributed by atoms with Gasteiger partial charge < -0.3 is 0 Å². The lowest BCUT2D eigenvalue weighted by molar-refractivity contribution is -0.137. The molecule has 0 amide bonds. The molecule has 4 heteroatoms. The van der Waals surface area contributed by atoms with Gasteiger partial charge in [-0.2, -0.15) is 18.4 Å². The molecule has 132 valence electrons. The van der Waals surface area contributed by atoms with Gasteiger partial charge in [-0.1, -0.05) is 38.5 Å². The van der Waals surface area contributed by atoms with Crippen LogP contribution in [0.15, 0.2) is 42.5 Å². The van der Waals surface area contributed by atoms with Crippen molar-refractivity contribution in [3.05, 3.63) is 70.3 Å². The third-order valence-corrected chi connectivity index (χ3v) is 4.89. The number of halogens is 3. The molecule has 2 aromatic carbocycles. The second-order valence-corrected chi connectivity index (χ2v) is 6.57. The van der Waals surface area contributed by atoms with Crippen molar-refractivity contribution in [3.63, 3.8) is 0 Å². The van der Waals surface area contributed by atoms with Crippen LogP contribution in [0.5, 0.6) is 0 Å². The summed E-state index contributed by atoms with van der Waals surface area (Å²) in [5, 5.41) is 9.12. The van der Waals surface area contributed by atoms with E-state index in [1.165, 1.54) is 12.1 Å². The summed E-state index contributed by atoms with van der Waals surface area (Å²) in [6.45, 7) is 6.02. The van der Waals surface area contributed by atoms with Gasteiger partial charge in [-0.25, -0.2) is 0 Å². The molecule has 0 aromatic heterocycles. The topological polar surface area (TPSA) is 23.8 Å². The molecule has 0 fully saturated rings. The van der Waals surface area contributed by atoms with Gasteiger partial charge in [0.2, 0.25) is 0 Å². The summed E-state index contributed by atoms with van der Waals surface area (Å²) in [5.74, 6) is 0.364. The van der Waals surface area contributed by atoms with E-state index >= 15 is 0 Å². The number of aryl methyl sites for hydroxylation is 1. The van der Waals surface area contributed by atoms with Gasteiger partial charge in [0.05, 0.1) is 17.2 Å². The van der Waals surface area contributed by atoms with Gasteiger partial charge in [0.25, 0.3) is 0 Å². The number of benzene rings is 2. The molecule has 2 unspecified atom stereocenters. The van der Waals surface area contributed by atoms with E-state index in [4.69, 9.17) is 5.26 Å². The third kappa shape index (κ3) is 4.63. The fourth-order valence-corrected chi connectivity index (χ4v) is 3.08. The molecule has 2 rings (SSSR count). The minimum absolute atomic E-state index is 0.0699. The Bertz CT molecular complexity index is 771. The molecule has 0 aliphatic rings. The molecule has 0 N–H and O–H groups in total. The van der Waals surface area contributed by atoms with E-state index in [0.29, 0.717) is 23.5 Å². The lowest BCUT2D eigenvalue weighted by Gasteiger charge is -2.25. The zero-order valence-electron chi connectivity index (χ0n) is 14.7. The molecular formula is C21H22F3N. The van der Waals surface area contributed by atoms with Crippen LogP contribution in [0, 0.1) is 24.2 Å².